The van der Waals surface area contributed by atoms with E-state index in [9.17, 15) is 45.9 Å². The zero-order valence-corrected chi connectivity index (χ0v) is 22.5. The second-order valence-corrected chi connectivity index (χ2v) is 9.02. The Bertz CT molecular complexity index is 1480. The number of benzene rings is 2. The summed E-state index contributed by atoms with van der Waals surface area (Å²) in [5, 5.41) is 27.5. The summed E-state index contributed by atoms with van der Waals surface area (Å²) in [6, 6.07) is 9.88. The summed E-state index contributed by atoms with van der Waals surface area (Å²) in [7, 11) is 0. The van der Waals surface area contributed by atoms with Gasteiger partial charge in [0.05, 0.1) is 22.4 Å². The molecule has 1 amide bonds. The summed E-state index contributed by atoms with van der Waals surface area (Å²) in [6.07, 6.45) is -3.64. The molecular weight excluding hydrogens is 593 g/mol. The number of rotatable bonds is 7. The van der Waals surface area contributed by atoms with Gasteiger partial charge in [0.15, 0.2) is 0 Å². The molecule has 0 spiro atoms. The van der Waals surface area contributed by atoms with Gasteiger partial charge in [0.25, 0.3) is 0 Å². The zero-order valence-electron chi connectivity index (χ0n) is 21.7. The van der Waals surface area contributed by atoms with Crippen molar-refractivity contribution in [3.8, 4) is 0 Å². The summed E-state index contributed by atoms with van der Waals surface area (Å²) in [6.45, 7) is 2.80. The van der Waals surface area contributed by atoms with Gasteiger partial charge < -0.3 is 20.6 Å². The Hall–Kier alpha value is -4.92. The van der Waals surface area contributed by atoms with Crippen molar-refractivity contribution in [2.24, 2.45) is 0 Å². The molecular formula is C27H22F5NO8S. The van der Waals surface area contributed by atoms with E-state index in [1.807, 2.05) is 0 Å². The van der Waals surface area contributed by atoms with E-state index in [1.165, 1.54) is 37.3 Å². The summed E-state index contributed by atoms with van der Waals surface area (Å²) < 4.78 is 61.7. The van der Waals surface area contributed by atoms with E-state index in [-0.39, 0.29) is 29.9 Å². The van der Waals surface area contributed by atoms with E-state index >= 15 is 0 Å². The van der Waals surface area contributed by atoms with Gasteiger partial charge in [-0.3, -0.25) is 14.4 Å². The molecule has 0 bridgehead atoms. The van der Waals surface area contributed by atoms with Crippen LogP contribution in [-0.2, 0) is 27.0 Å². The Morgan fingerprint density at radius 2 is 1.45 bits per heavy atom. The van der Waals surface area contributed by atoms with Crippen molar-refractivity contribution in [3.63, 3.8) is 0 Å². The van der Waals surface area contributed by atoms with Crippen molar-refractivity contribution in [1.82, 2.24) is 5.32 Å². The summed E-state index contributed by atoms with van der Waals surface area (Å²) in [5.74, 6) is -5.92. The van der Waals surface area contributed by atoms with Gasteiger partial charge in [-0.1, -0.05) is 6.08 Å². The van der Waals surface area contributed by atoms with Crippen molar-refractivity contribution in [3.05, 3.63) is 104 Å². The Morgan fingerprint density at radius 1 is 0.881 bits per heavy atom. The average Bonchev–Trinajstić information content (AvgIpc) is 3.35. The standard InChI is InChI=1S/C13H9FO3S.C8H4F4O2.C6H9NO3/c14-9-3-1-8(2-4-9)13(17)11-6-5-10(18-11)7-12(15)16;9-4-1-2-5(7(13)14)6(3-4)8(10,11)12;1-3-5(6(9)10)7-4(2)8/h1-6H,7H2,(H,15,16);1-3H,(H,13,14);3H,1-2H3,(H,7,8)(H,9,10). The highest BCUT2D eigenvalue weighted by molar-refractivity contribution is 7.14. The van der Waals surface area contributed by atoms with Crippen LogP contribution in [0.4, 0.5) is 22.0 Å². The molecule has 0 aliphatic heterocycles. The van der Waals surface area contributed by atoms with Crippen LogP contribution in [0.3, 0.4) is 0 Å². The van der Waals surface area contributed by atoms with Gasteiger partial charge in [-0.15, -0.1) is 11.3 Å². The highest BCUT2D eigenvalue weighted by atomic mass is 32.1. The number of carboxylic acid groups (broad SMARTS) is 3. The summed E-state index contributed by atoms with van der Waals surface area (Å²) in [5.41, 5.74) is -2.14. The Kier molecular flexibility index (Phi) is 13.2. The molecule has 0 aliphatic carbocycles. The van der Waals surface area contributed by atoms with Crippen LogP contribution < -0.4 is 5.32 Å². The maximum absolute atomic E-state index is 12.7. The molecule has 15 heteroatoms. The van der Waals surface area contributed by atoms with Crippen LogP contribution in [0.1, 0.15) is 49.9 Å². The third-order valence-corrected chi connectivity index (χ3v) is 5.75. The first-order valence-corrected chi connectivity index (χ1v) is 12.2. The van der Waals surface area contributed by atoms with Crippen LogP contribution in [0.15, 0.2) is 66.4 Å². The maximum atomic E-state index is 12.7. The number of carbonyl (C=O) groups excluding carboxylic acids is 2. The normalized spacial score (nSPS) is 10.8. The molecule has 0 atom stereocenters. The maximum Gasteiger partial charge on any atom is 0.417 e. The Labute approximate surface area is 238 Å². The molecule has 1 aromatic heterocycles. The third kappa shape index (κ3) is 11.7. The van der Waals surface area contributed by atoms with Crippen molar-refractivity contribution >= 4 is 40.9 Å². The first-order chi connectivity index (χ1) is 19.5. The molecule has 3 rings (SSSR count). The highest BCUT2D eigenvalue weighted by Gasteiger charge is 2.35. The Morgan fingerprint density at radius 3 is 1.88 bits per heavy atom. The number of thiophene rings is 1. The van der Waals surface area contributed by atoms with Crippen molar-refractivity contribution in [2.75, 3.05) is 0 Å². The number of aromatic carboxylic acids is 1. The number of hydrogen-bond acceptors (Lipinski definition) is 6. The number of nitrogens with one attached hydrogen (secondary N) is 1. The number of carbonyl (C=O) groups is 5. The number of allylic oxidation sites excluding steroid dienone is 1. The second-order valence-electron chi connectivity index (χ2n) is 7.85. The predicted octanol–water partition coefficient (Wildman–Crippen LogP) is 5.40. The van der Waals surface area contributed by atoms with Gasteiger partial charge in [-0.2, -0.15) is 13.2 Å². The fraction of sp³-hybridized carbons (Fsp3) is 0.148. The smallest absolute Gasteiger partial charge is 0.417 e. The van der Waals surface area contributed by atoms with E-state index in [2.05, 4.69) is 5.32 Å². The number of aliphatic carboxylic acids is 2. The number of halogens is 5. The van der Waals surface area contributed by atoms with E-state index < -0.39 is 46.8 Å². The van der Waals surface area contributed by atoms with E-state index in [0.29, 0.717) is 27.5 Å². The SMILES string of the molecule is CC=C(NC(C)=O)C(=O)O.O=C(O)Cc1ccc(C(=O)c2ccc(F)cc2)s1.O=C(O)c1ccc(F)cc1C(F)(F)F. The molecule has 2 aromatic carbocycles. The lowest BCUT2D eigenvalue weighted by Crippen LogP contribution is -2.24. The summed E-state index contributed by atoms with van der Waals surface area (Å²) in [4.78, 5) is 54.4. The van der Waals surface area contributed by atoms with Gasteiger partial charge in [0, 0.05) is 17.4 Å². The lowest BCUT2D eigenvalue weighted by molar-refractivity contribution is -0.138. The minimum absolute atomic E-state index is 0.0903. The lowest BCUT2D eigenvalue weighted by atomic mass is 10.1. The average molecular weight is 616 g/mol. The van der Waals surface area contributed by atoms with Crippen LogP contribution >= 0.6 is 11.3 Å². The molecule has 0 radical (unpaired) electrons. The number of alkyl halides is 3. The summed E-state index contributed by atoms with van der Waals surface area (Å²) >= 11 is 1.14. The van der Waals surface area contributed by atoms with Crippen LogP contribution in [0.5, 0.6) is 0 Å². The topological polar surface area (TPSA) is 158 Å². The van der Waals surface area contributed by atoms with Crippen LogP contribution in [0.25, 0.3) is 0 Å². The lowest BCUT2D eigenvalue weighted by Gasteiger charge is -2.09. The molecule has 42 heavy (non-hydrogen) atoms. The second kappa shape index (κ2) is 15.8. The van der Waals surface area contributed by atoms with Gasteiger partial charge in [-0.25, -0.2) is 18.4 Å². The molecule has 0 fully saturated rings. The predicted molar refractivity (Wildman–Crippen MR) is 139 cm³/mol. The molecule has 0 saturated carbocycles. The molecule has 0 saturated heterocycles. The molecule has 0 unspecified atom stereocenters. The van der Waals surface area contributed by atoms with Crippen molar-refractivity contribution < 1.29 is 61.2 Å². The minimum atomic E-state index is -4.87. The molecule has 224 valence electrons. The fourth-order valence-electron chi connectivity index (χ4n) is 2.86. The quantitative estimate of drug-likeness (QED) is 0.156. The number of carboxylic acids is 3. The van der Waals surface area contributed by atoms with Gasteiger partial charge in [0.1, 0.15) is 17.3 Å². The van der Waals surface area contributed by atoms with E-state index in [4.69, 9.17) is 15.3 Å². The Balaban J connectivity index is 0.000000330. The molecule has 9 nitrogen and oxygen atoms in total. The minimum Gasteiger partial charge on any atom is -0.481 e. The van der Waals surface area contributed by atoms with Crippen LogP contribution in [0, 0.1) is 11.6 Å². The molecule has 1 heterocycles. The first kappa shape index (κ1) is 35.1. The van der Waals surface area contributed by atoms with Crippen LogP contribution in [0.2, 0.25) is 0 Å². The number of hydrogen-bond donors (Lipinski definition) is 4. The number of amides is 1. The highest BCUT2D eigenvalue weighted by Crippen LogP contribution is 2.32. The van der Waals surface area contributed by atoms with Gasteiger partial charge >= 0.3 is 24.1 Å². The zero-order chi connectivity index (χ0) is 32.2. The fourth-order valence-corrected chi connectivity index (χ4v) is 3.82. The van der Waals surface area contributed by atoms with E-state index in [0.717, 1.165) is 11.3 Å². The molecule has 4 N–H and O–H groups in total. The monoisotopic (exact) mass is 615 g/mol. The van der Waals surface area contributed by atoms with Gasteiger partial charge in [-0.05, 0) is 61.5 Å². The van der Waals surface area contributed by atoms with Crippen LogP contribution in [-0.4, -0.2) is 44.9 Å². The number of ketones is 1. The van der Waals surface area contributed by atoms with E-state index in [1.54, 1.807) is 19.1 Å². The molecule has 0 aliphatic rings. The first-order valence-electron chi connectivity index (χ1n) is 11.3. The molecule has 3 aromatic rings. The van der Waals surface area contributed by atoms with Crippen molar-refractivity contribution in [2.45, 2.75) is 26.4 Å². The van der Waals surface area contributed by atoms with Gasteiger partial charge in [0.2, 0.25) is 11.7 Å². The third-order valence-electron chi connectivity index (χ3n) is 4.66. The van der Waals surface area contributed by atoms with Crippen molar-refractivity contribution in [1.29, 1.82) is 0 Å². The largest absolute Gasteiger partial charge is 0.481 e.